The average molecular weight is 228 g/mol. The van der Waals surface area contributed by atoms with Gasteiger partial charge in [-0.15, -0.1) is 0 Å². The van der Waals surface area contributed by atoms with Gasteiger partial charge in [0.25, 0.3) is 0 Å². The molecule has 0 bridgehead atoms. The zero-order valence-electron chi connectivity index (χ0n) is 10.4. The molecule has 1 saturated carbocycles. The van der Waals surface area contributed by atoms with Crippen molar-refractivity contribution < 1.29 is 9.90 Å². The van der Waals surface area contributed by atoms with E-state index in [-0.39, 0.29) is 12.1 Å². The van der Waals surface area contributed by atoms with Crippen LogP contribution in [0.1, 0.15) is 39.0 Å². The quantitative estimate of drug-likeness (QED) is 0.650. The highest BCUT2D eigenvalue weighted by atomic mass is 16.3. The van der Waals surface area contributed by atoms with E-state index in [0.717, 1.165) is 38.6 Å². The van der Waals surface area contributed by atoms with Crippen molar-refractivity contribution in [3.8, 4) is 0 Å². The van der Waals surface area contributed by atoms with Crippen molar-refractivity contribution in [2.45, 2.75) is 45.1 Å². The van der Waals surface area contributed by atoms with Gasteiger partial charge in [-0.25, -0.2) is 4.79 Å². The lowest BCUT2D eigenvalue weighted by atomic mass is 10.2. The summed E-state index contributed by atoms with van der Waals surface area (Å²) < 4.78 is 0. The van der Waals surface area contributed by atoms with Crippen LogP contribution in [0.25, 0.3) is 0 Å². The van der Waals surface area contributed by atoms with E-state index in [4.69, 9.17) is 0 Å². The third-order valence-corrected chi connectivity index (χ3v) is 3.03. The van der Waals surface area contributed by atoms with Gasteiger partial charge in [0.2, 0.25) is 0 Å². The van der Waals surface area contributed by atoms with Crippen molar-refractivity contribution >= 4 is 6.03 Å². The lowest BCUT2D eigenvalue weighted by Crippen LogP contribution is -2.42. The van der Waals surface area contributed by atoms with E-state index in [0.29, 0.717) is 12.5 Å². The van der Waals surface area contributed by atoms with Gasteiger partial charge in [0.1, 0.15) is 0 Å². The Hall–Kier alpha value is -0.770. The van der Waals surface area contributed by atoms with Gasteiger partial charge in [-0.05, 0) is 25.2 Å². The number of likely N-dealkylation sites (N-methyl/N-ethyl adjacent to an activating group) is 1. The van der Waals surface area contributed by atoms with Crippen LogP contribution in [-0.4, -0.2) is 42.3 Å². The number of carbonyl (C=O) groups excluding carboxylic acids is 1. The molecular formula is C12H24N2O2. The molecule has 0 aromatic heterocycles. The number of aliphatic hydroxyl groups is 1. The molecule has 1 fully saturated rings. The number of urea groups is 1. The molecule has 0 aromatic rings. The smallest absolute Gasteiger partial charge is 0.317 e. The van der Waals surface area contributed by atoms with Gasteiger partial charge >= 0.3 is 6.03 Å². The van der Waals surface area contributed by atoms with E-state index in [1.165, 1.54) is 0 Å². The lowest BCUT2D eigenvalue weighted by Gasteiger charge is -2.21. The summed E-state index contributed by atoms with van der Waals surface area (Å²) in [6.07, 6.45) is 5.20. The first-order chi connectivity index (χ1) is 7.65. The van der Waals surface area contributed by atoms with Gasteiger partial charge in [-0.1, -0.05) is 19.8 Å². The number of aliphatic hydroxyl groups excluding tert-OH is 1. The van der Waals surface area contributed by atoms with Crippen molar-refractivity contribution in [1.29, 1.82) is 0 Å². The van der Waals surface area contributed by atoms with Crippen LogP contribution in [0.5, 0.6) is 0 Å². The molecule has 1 aliphatic carbocycles. The van der Waals surface area contributed by atoms with Crippen LogP contribution >= 0.6 is 0 Å². The highest BCUT2D eigenvalue weighted by Gasteiger charge is 2.30. The van der Waals surface area contributed by atoms with Crippen molar-refractivity contribution in [2.24, 2.45) is 5.92 Å². The standard InChI is InChI=1S/C12H24N2O2/c1-3-4-5-8-13-12(16)14(2)9-11(15)10-6-7-10/h10-11,15H,3-9H2,1-2H3,(H,13,16)/t11-/m1/s1. The third-order valence-electron chi connectivity index (χ3n) is 3.03. The monoisotopic (exact) mass is 228 g/mol. The zero-order chi connectivity index (χ0) is 12.0. The molecule has 0 unspecified atom stereocenters. The Kier molecular flexibility index (Phi) is 5.60. The maximum Gasteiger partial charge on any atom is 0.317 e. The number of carbonyl (C=O) groups is 1. The van der Waals surface area contributed by atoms with Crippen molar-refractivity contribution in [2.75, 3.05) is 20.1 Å². The topological polar surface area (TPSA) is 52.6 Å². The summed E-state index contributed by atoms with van der Waals surface area (Å²) in [5, 5.41) is 12.6. The minimum Gasteiger partial charge on any atom is -0.391 e. The molecule has 94 valence electrons. The summed E-state index contributed by atoms with van der Waals surface area (Å²) in [6.45, 7) is 3.32. The Labute approximate surface area is 98.0 Å². The van der Waals surface area contributed by atoms with E-state index >= 15 is 0 Å². The fraction of sp³-hybridized carbons (Fsp3) is 0.917. The van der Waals surface area contributed by atoms with Gasteiger partial charge in [-0.2, -0.15) is 0 Å². The van der Waals surface area contributed by atoms with E-state index in [1.54, 1.807) is 11.9 Å². The first-order valence-electron chi connectivity index (χ1n) is 6.32. The molecule has 0 spiro atoms. The molecule has 16 heavy (non-hydrogen) atoms. The van der Waals surface area contributed by atoms with Crippen LogP contribution in [0.3, 0.4) is 0 Å². The van der Waals surface area contributed by atoms with Gasteiger partial charge in [0.05, 0.1) is 6.10 Å². The first kappa shape index (κ1) is 13.3. The summed E-state index contributed by atoms with van der Waals surface area (Å²) in [5.74, 6) is 0.426. The van der Waals surface area contributed by atoms with Crippen molar-refractivity contribution in [3.63, 3.8) is 0 Å². The normalized spacial score (nSPS) is 16.9. The maximum atomic E-state index is 11.6. The Morgan fingerprint density at radius 1 is 1.50 bits per heavy atom. The van der Waals surface area contributed by atoms with Crippen LogP contribution in [0.2, 0.25) is 0 Å². The molecule has 4 heteroatoms. The van der Waals surface area contributed by atoms with Crippen molar-refractivity contribution in [3.05, 3.63) is 0 Å². The predicted octanol–water partition coefficient (Wildman–Crippen LogP) is 1.59. The summed E-state index contributed by atoms with van der Waals surface area (Å²) in [5.41, 5.74) is 0. The van der Waals surface area contributed by atoms with Crippen LogP contribution in [-0.2, 0) is 0 Å². The minimum absolute atomic E-state index is 0.0733. The number of hydrogen-bond donors (Lipinski definition) is 2. The number of hydrogen-bond acceptors (Lipinski definition) is 2. The highest BCUT2D eigenvalue weighted by molar-refractivity contribution is 5.73. The van der Waals surface area contributed by atoms with E-state index < -0.39 is 0 Å². The fourth-order valence-electron chi connectivity index (χ4n) is 1.70. The molecule has 0 radical (unpaired) electrons. The summed E-state index contributed by atoms with van der Waals surface area (Å²) in [6, 6.07) is -0.0733. The first-order valence-corrected chi connectivity index (χ1v) is 6.32. The van der Waals surface area contributed by atoms with Gasteiger partial charge in [0.15, 0.2) is 0 Å². The molecule has 2 N–H and O–H groups in total. The van der Waals surface area contributed by atoms with Crippen LogP contribution in [0, 0.1) is 5.92 Å². The molecule has 2 amide bonds. The van der Waals surface area contributed by atoms with Gasteiger partial charge in [-0.3, -0.25) is 0 Å². The molecule has 4 nitrogen and oxygen atoms in total. The second-order valence-corrected chi connectivity index (χ2v) is 4.72. The number of unbranched alkanes of at least 4 members (excludes halogenated alkanes) is 2. The van der Waals surface area contributed by atoms with E-state index in [1.807, 2.05) is 0 Å². The molecule has 0 aromatic carbocycles. The molecular weight excluding hydrogens is 204 g/mol. The largest absolute Gasteiger partial charge is 0.391 e. The zero-order valence-corrected chi connectivity index (χ0v) is 10.4. The molecule has 1 rings (SSSR count). The summed E-state index contributed by atoms with van der Waals surface area (Å²) in [7, 11) is 1.74. The summed E-state index contributed by atoms with van der Waals surface area (Å²) >= 11 is 0. The van der Waals surface area contributed by atoms with E-state index in [9.17, 15) is 9.90 Å². The lowest BCUT2D eigenvalue weighted by molar-refractivity contribution is 0.113. The number of amides is 2. The Balaban J connectivity index is 2.09. The average Bonchev–Trinajstić information content (AvgIpc) is 3.07. The maximum absolute atomic E-state index is 11.6. The minimum atomic E-state index is -0.341. The third kappa shape index (κ3) is 4.84. The Bertz CT molecular complexity index is 217. The van der Waals surface area contributed by atoms with Gasteiger partial charge < -0.3 is 15.3 Å². The number of nitrogens with one attached hydrogen (secondary N) is 1. The molecule has 1 aliphatic rings. The van der Waals surface area contributed by atoms with Crippen molar-refractivity contribution in [1.82, 2.24) is 10.2 Å². The predicted molar refractivity (Wildman–Crippen MR) is 64.3 cm³/mol. The van der Waals surface area contributed by atoms with E-state index in [2.05, 4.69) is 12.2 Å². The second kappa shape index (κ2) is 6.74. The molecule has 1 atom stereocenters. The fourth-order valence-corrected chi connectivity index (χ4v) is 1.70. The SMILES string of the molecule is CCCCCNC(=O)N(C)C[C@@H](O)C1CC1. The highest BCUT2D eigenvalue weighted by Crippen LogP contribution is 2.32. The summed E-state index contributed by atoms with van der Waals surface area (Å²) in [4.78, 5) is 13.2. The van der Waals surface area contributed by atoms with Crippen LogP contribution < -0.4 is 5.32 Å². The second-order valence-electron chi connectivity index (χ2n) is 4.72. The van der Waals surface area contributed by atoms with Crippen LogP contribution in [0.15, 0.2) is 0 Å². The number of nitrogens with zero attached hydrogens (tertiary/aromatic N) is 1. The Morgan fingerprint density at radius 3 is 2.75 bits per heavy atom. The molecule has 0 heterocycles. The Morgan fingerprint density at radius 2 is 2.19 bits per heavy atom. The number of rotatable bonds is 7. The molecule has 0 saturated heterocycles. The van der Waals surface area contributed by atoms with Gasteiger partial charge in [0, 0.05) is 20.1 Å². The molecule has 0 aliphatic heterocycles. The van der Waals surface area contributed by atoms with Crippen LogP contribution in [0.4, 0.5) is 4.79 Å².